The number of anilines is 1. The van der Waals surface area contributed by atoms with Crippen LogP contribution >= 0.6 is 36.4 Å². The lowest BCUT2D eigenvalue weighted by Crippen LogP contribution is -2.58. The highest BCUT2D eigenvalue weighted by Gasteiger charge is 2.33. The minimum atomic E-state index is -0.739. The minimum absolute atomic E-state index is 0. The van der Waals surface area contributed by atoms with E-state index in [1.165, 1.54) is 0 Å². The highest BCUT2D eigenvalue weighted by atomic mass is 35.5. The van der Waals surface area contributed by atoms with Crippen molar-refractivity contribution in [2.24, 2.45) is 5.73 Å². The van der Waals surface area contributed by atoms with E-state index < -0.39 is 5.54 Å². The third kappa shape index (κ3) is 5.71. The number of carbonyl (C=O) groups excluding carboxylic acids is 1. The molecule has 0 aliphatic carbocycles. The van der Waals surface area contributed by atoms with Gasteiger partial charge in [0.25, 0.3) is 0 Å². The van der Waals surface area contributed by atoms with Gasteiger partial charge in [-0.05, 0) is 37.6 Å². The third-order valence-corrected chi connectivity index (χ3v) is 4.27. The fourth-order valence-corrected chi connectivity index (χ4v) is 2.93. The lowest BCUT2D eigenvalue weighted by atomic mass is 9.95. The molecule has 1 aromatic carbocycles. The Morgan fingerprint density at radius 3 is 2.17 bits per heavy atom. The van der Waals surface area contributed by atoms with Crippen molar-refractivity contribution in [1.29, 1.82) is 0 Å². The molecule has 1 unspecified atom stereocenters. The van der Waals surface area contributed by atoms with Crippen LogP contribution in [-0.4, -0.2) is 42.5 Å². The van der Waals surface area contributed by atoms with Crippen molar-refractivity contribution in [1.82, 2.24) is 4.90 Å². The van der Waals surface area contributed by atoms with E-state index in [0.29, 0.717) is 0 Å². The van der Waals surface area contributed by atoms with Crippen molar-refractivity contribution in [2.75, 3.05) is 31.1 Å². The molecule has 132 valence electrons. The summed E-state index contributed by atoms with van der Waals surface area (Å²) in [6.07, 6.45) is 1.65. The number of piperazine rings is 1. The number of hydrogen-bond acceptors (Lipinski definition) is 3. The molecule has 0 radical (unpaired) electrons. The van der Waals surface area contributed by atoms with Crippen LogP contribution in [-0.2, 0) is 4.79 Å². The Hall–Kier alpha value is -0.680. The normalized spacial score (nSPS) is 16.9. The van der Waals surface area contributed by atoms with Gasteiger partial charge in [0.05, 0.1) is 5.54 Å². The minimum Gasteiger partial charge on any atom is -0.368 e. The van der Waals surface area contributed by atoms with E-state index in [0.717, 1.165) is 49.7 Å². The van der Waals surface area contributed by atoms with Crippen molar-refractivity contribution in [3.63, 3.8) is 0 Å². The Kier molecular flexibility index (Phi) is 9.29. The van der Waals surface area contributed by atoms with Crippen molar-refractivity contribution in [3.8, 4) is 0 Å². The van der Waals surface area contributed by atoms with Crippen LogP contribution in [0.25, 0.3) is 0 Å². The van der Waals surface area contributed by atoms with E-state index in [4.69, 9.17) is 17.3 Å². The first kappa shape index (κ1) is 22.3. The number of carbonyl (C=O) groups is 1. The van der Waals surface area contributed by atoms with Gasteiger partial charge in [-0.1, -0.05) is 24.9 Å². The number of halogens is 3. The molecule has 1 saturated heterocycles. The number of benzene rings is 1. The molecule has 0 spiro atoms. The van der Waals surface area contributed by atoms with Gasteiger partial charge >= 0.3 is 0 Å². The molecule has 4 nitrogen and oxygen atoms in total. The number of amides is 1. The SMILES string of the molecule is CCCC(C)(N)C(=O)N1CCN(c2ccc(Cl)cc2)CC1.Cl.Cl. The van der Waals surface area contributed by atoms with E-state index in [-0.39, 0.29) is 30.7 Å². The summed E-state index contributed by atoms with van der Waals surface area (Å²) in [5, 5.41) is 0.742. The second kappa shape index (κ2) is 9.58. The average Bonchev–Trinajstić information content (AvgIpc) is 2.47. The molecule has 1 atom stereocenters. The number of hydrogen-bond donors (Lipinski definition) is 1. The van der Waals surface area contributed by atoms with Gasteiger partial charge < -0.3 is 15.5 Å². The molecule has 1 aliphatic rings. The summed E-state index contributed by atoms with van der Waals surface area (Å²) >= 11 is 5.91. The first-order chi connectivity index (χ1) is 9.94. The van der Waals surface area contributed by atoms with Gasteiger partial charge in [-0.15, -0.1) is 24.8 Å². The number of nitrogens with two attached hydrogens (primary N) is 1. The summed E-state index contributed by atoms with van der Waals surface area (Å²) in [4.78, 5) is 16.6. The maximum absolute atomic E-state index is 12.5. The molecule has 23 heavy (non-hydrogen) atoms. The van der Waals surface area contributed by atoms with Crippen LogP contribution in [0.1, 0.15) is 26.7 Å². The summed E-state index contributed by atoms with van der Waals surface area (Å²) in [5.74, 6) is 0.0695. The Labute approximate surface area is 156 Å². The highest BCUT2D eigenvalue weighted by Crippen LogP contribution is 2.21. The van der Waals surface area contributed by atoms with Gasteiger partial charge in [-0.2, -0.15) is 0 Å². The zero-order valence-electron chi connectivity index (χ0n) is 13.6. The first-order valence-corrected chi connectivity index (χ1v) is 7.90. The zero-order valence-corrected chi connectivity index (χ0v) is 16.0. The topological polar surface area (TPSA) is 49.6 Å². The quantitative estimate of drug-likeness (QED) is 0.868. The molecule has 1 fully saturated rings. The fraction of sp³-hybridized carbons (Fsp3) is 0.562. The van der Waals surface area contributed by atoms with E-state index >= 15 is 0 Å². The molecule has 2 rings (SSSR count). The summed E-state index contributed by atoms with van der Waals surface area (Å²) in [6, 6.07) is 7.83. The molecular formula is C16H26Cl3N3O. The predicted molar refractivity (Wildman–Crippen MR) is 102 cm³/mol. The molecule has 1 aromatic rings. The predicted octanol–water partition coefficient (Wildman–Crippen LogP) is 3.35. The molecule has 7 heteroatoms. The number of nitrogens with zero attached hydrogens (tertiary/aromatic N) is 2. The summed E-state index contributed by atoms with van der Waals surface area (Å²) in [7, 11) is 0. The van der Waals surface area contributed by atoms with E-state index in [1.54, 1.807) is 0 Å². The summed E-state index contributed by atoms with van der Waals surface area (Å²) in [6.45, 7) is 6.99. The van der Waals surface area contributed by atoms with Gasteiger partial charge in [0, 0.05) is 36.9 Å². The zero-order chi connectivity index (χ0) is 15.5. The van der Waals surface area contributed by atoms with Crippen LogP contribution in [0.3, 0.4) is 0 Å². The Balaban J connectivity index is 0.00000242. The fourth-order valence-electron chi connectivity index (χ4n) is 2.81. The molecule has 0 saturated carbocycles. The van der Waals surface area contributed by atoms with Crippen molar-refractivity contribution >= 4 is 48.0 Å². The number of rotatable bonds is 4. The first-order valence-electron chi connectivity index (χ1n) is 7.53. The van der Waals surface area contributed by atoms with Gasteiger partial charge in [0.1, 0.15) is 0 Å². The van der Waals surface area contributed by atoms with Gasteiger partial charge in [-0.3, -0.25) is 4.79 Å². The van der Waals surface area contributed by atoms with E-state index in [2.05, 4.69) is 11.8 Å². The molecule has 2 N–H and O–H groups in total. The average molecular weight is 383 g/mol. The van der Waals surface area contributed by atoms with Crippen molar-refractivity contribution < 1.29 is 4.79 Å². The Bertz CT molecular complexity index is 486. The van der Waals surface area contributed by atoms with Gasteiger partial charge in [0.15, 0.2) is 0 Å². The largest absolute Gasteiger partial charge is 0.368 e. The van der Waals surface area contributed by atoms with Crippen LogP contribution in [0.5, 0.6) is 0 Å². The van der Waals surface area contributed by atoms with Gasteiger partial charge in [0.2, 0.25) is 5.91 Å². The molecule has 1 aliphatic heterocycles. The lowest BCUT2D eigenvalue weighted by Gasteiger charge is -2.39. The molecule has 0 bridgehead atoms. The van der Waals surface area contributed by atoms with Crippen molar-refractivity contribution in [3.05, 3.63) is 29.3 Å². The maximum atomic E-state index is 12.5. The van der Waals surface area contributed by atoms with E-state index in [1.807, 2.05) is 36.1 Å². The standard InChI is InChI=1S/C16H24ClN3O.2ClH/c1-3-8-16(2,18)15(21)20-11-9-19(10-12-20)14-6-4-13(17)5-7-14;;/h4-7H,3,8-12,18H2,1-2H3;2*1H. The summed E-state index contributed by atoms with van der Waals surface area (Å²) in [5.41, 5.74) is 6.55. The molecular weight excluding hydrogens is 357 g/mol. The van der Waals surface area contributed by atoms with Crippen LogP contribution in [0.2, 0.25) is 5.02 Å². The van der Waals surface area contributed by atoms with Crippen LogP contribution < -0.4 is 10.6 Å². The van der Waals surface area contributed by atoms with E-state index in [9.17, 15) is 4.79 Å². The molecule has 0 aromatic heterocycles. The molecule has 1 amide bonds. The smallest absolute Gasteiger partial charge is 0.242 e. The monoisotopic (exact) mass is 381 g/mol. The Morgan fingerprint density at radius 1 is 1.17 bits per heavy atom. The highest BCUT2D eigenvalue weighted by molar-refractivity contribution is 6.30. The van der Waals surface area contributed by atoms with Crippen LogP contribution in [0, 0.1) is 0 Å². The lowest BCUT2D eigenvalue weighted by molar-refractivity contribution is -0.137. The Morgan fingerprint density at radius 2 is 1.70 bits per heavy atom. The van der Waals surface area contributed by atoms with Crippen LogP contribution in [0.15, 0.2) is 24.3 Å². The summed E-state index contributed by atoms with van der Waals surface area (Å²) < 4.78 is 0. The maximum Gasteiger partial charge on any atom is 0.242 e. The van der Waals surface area contributed by atoms with Crippen LogP contribution in [0.4, 0.5) is 5.69 Å². The van der Waals surface area contributed by atoms with Gasteiger partial charge in [-0.25, -0.2) is 0 Å². The van der Waals surface area contributed by atoms with Crippen molar-refractivity contribution in [2.45, 2.75) is 32.2 Å². The second-order valence-electron chi connectivity index (χ2n) is 5.92. The second-order valence-corrected chi connectivity index (χ2v) is 6.36. The third-order valence-electron chi connectivity index (χ3n) is 4.02. The molecule has 1 heterocycles.